The van der Waals surface area contributed by atoms with E-state index in [-0.39, 0.29) is 29.7 Å². The smallest absolute Gasteiger partial charge is 0.387 e. The van der Waals surface area contributed by atoms with Crippen molar-refractivity contribution >= 4 is 34.1 Å². The van der Waals surface area contributed by atoms with Crippen molar-refractivity contribution in [1.82, 2.24) is 15.5 Å². The molecular formula is C16H20F2N4O3S2. The summed E-state index contributed by atoms with van der Waals surface area (Å²) in [6.07, 6.45) is 0.991. The highest BCUT2D eigenvalue weighted by Gasteiger charge is 2.12. The van der Waals surface area contributed by atoms with E-state index in [1.807, 2.05) is 0 Å². The van der Waals surface area contributed by atoms with E-state index >= 15 is 0 Å². The molecule has 7 nitrogen and oxygen atoms in total. The van der Waals surface area contributed by atoms with Crippen LogP contribution >= 0.6 is 23.1 Å². The Morgan fingerprint density at radius 3 is 2.85 bits per heavy atom. The lowest BCUT2D eigenvalue weighted by molar-refractivity contribution is -0.118. The van der Waals surface area contributed by atoms with Gasteiger partial charge in [0.15, 0.2) is 15.8 Å². The molecule has 1 aromatic heterocycles. The fourth-order valence-corrected chi connectivity index (χ4v) is 3.57. The number of carbonyl (C=O) groups is 1. The third-order valence-corrected chi connectivity index (χ3v) is 5.21. The molecule has 0 unspecified atom stereocenters. The summed E-state index contributed by atoms with van der Waals surface area (Å²) in [4.78, 5) is 12.0. The Balaban J connectivity index is 1.80. The average molecular weight is 418 g/mol. The van der Waals surface area contributed by atoms with Gasteiger partial charge in [-0.3, -0.25) is 4.79 Å². The molecule has 2 aromatic rings. The van der Waals surface area contributed by atoms with Gasteiger partial charge in [0, 0.05) is 13.1 Å². The molecule has 0 spiro atoms. The minimum atomic E-state index is -2.93. The van der Waals surface area contributed by atoms with Gasteiger partial charge in [0.2, 0.25) is 11.0 Å². The van der Waals surface area contributed by atoms with Crippen molar-refractivity contribution in [1.29, 1.82) is 0 Å². The summed E-state index contributed by atoms with van der Waals surface area (Å²) in [7, 11) is 1.36. The molecule has 0 aliphatic heterocycles. The first-order valence-electron chi connectivity index (χ1n) is 8.10. The van der Waals surface area contributed by atoms with Gasteiger partial charge in [0.25, 0.3) is 0 Å². The van der Waals surface area contributed by atoms with Crippen molar-refractivity contribution < 1.29 is 23.0 Å². The molecule has 0 aliphatic rings. The lowest BCUT2D eigenvalue weighted by Gasteiger charge is -2.11. The number of hydrogen-bond donors (Lipinski definition) is 2. The van der Waals surface area contributed by atoms with Crippen molar-refractivity contribution in [3.05, 3.63) is 23.8 Å². The second kappa shape index (κ2) is 10.9. The molecule has 0 fully saturated rings. The van der Waals surface area contributed by atoms with Crippen LogP contribution in [0.4, 0.5) is 13.9 Å². The van der Waals surface area contributed by atoms with Crippen LogP contribution in [-0.2, 0) is 11.3 Å². The van der Waals surface area contributed by atoms with Crippen molar-refractivity contribution in [2.45, 2.75) is 30.8 Å². The maximum atomic E-state index is 12.3. The molecule has 27 heavy (non-hydrogen) atoms. The van der Waals surface area contributed by atoms with Crippen LogP contribution in [0.15, 0.2) is 22.5 Å². The van der Waals surface area contributed by atoms with E-state index in [0.29, 0.717) is 9.90 Å². The molecule has 11 heteroatoms. The number of ether oxygens (including phenoxy) is 2. The number of hydrogen-bond acceptors (Lipinski definition) is 8. The summed E-state index contributed by atoms with van der Waals surface area (Å²) in [5.74, 6) is 0.149. The number of aromatic nitrogens is 2. The monoisotopic (exact) mass is 418 g/mol. The number of nitrogens with one attached hydrogen (secondary N) is 2. The standard InChI is InChI=1S/C16H20F2N4O3S2/c1-3-6-19-15-21-22-16(27-15)26-9-13(23)20-8-10-4-5-11(25-14(17)18)12(7-10)24-2/h4-5,7,14H,3,6,8-9H2,1-2H3,(H,19,21)(H,20,23). The Morgan fingerprint density at radius 2 is 2.15 bits per heavy atom. The van der Waals surface area contributed by atoms with Crippen LogP contribution in [0.5, 0.6) is 11.5 Å². The number of alkyl halides is 2. The SMILES string of the molecule is CCCNc1nnc(SCC(=O)NCc2ccc(OC(F)F)c(OC)c2)s1. The van der Waals surface area contributed by atoms with Gasteiger partial charge in [-0.1, -0.05) is 36.1 Å². The lowest BCUT2D eigenvalue weighted by Crippen LogP contribution is -2.24. The van der Waals surface area contributed by atoms with Crippen molar-refractivity contribution in [2.24, 2.45) is 0 Å². The molecule has 0 saturated carbocycles. The average Bonchev–Trinajstić information content (AvgIpc) is 3.11. The zero-order valence-electron chi connectivity index (χ0n) is 14.8. The van der Waals surface area contributed by atoms with Crippen LogP contribution in [0.3, 0.4) is 0 Å². The third kappa shape index (κ3) is 7.18. The molecule has 2 N–H and O–H groups in total. The van der Waals surface area contributed by atoms with Crippen LogP contribution in [-0.4, -0.2) is 42.1 Å². The molecule has 0 saturated heterocycles. The van der Waals surface area contributed by atoms with Gasteiger partial charge < -0.3 is 20.1 Å². The van der Waals surface area contributed by atoms with Crippen LogP contribution in [0.25, 0.3) is 0 Å². The third-order valence-electron chi connectivity index (χ3n) is 3.19. The molecule has 0 radical (unpaired) electrons. The van der Waals surface area contributed by atoms with Gasteiger partial charge in [-0.2, -0.15) is 8.78 Å². The summed E-state index contributed by atoms with van der Waals surface area (Å²) in [5, 5.41) is 14.6. The molecule has 0 atom stereocenters. The zero-order valence-corrected chi connectivity index (χ0v) is 16.5. The van der Waals surface area contributed by atoms with E-state index in [9.17, 15) is 13.6 Å². The molecule has 0 bridgehead atoms. The Morgan fingerprint density at radius 1 is 1.33 bits per heavy atom. The number of rotatable bonds is 11. The Bertz CT molecular complexity index is 746. The summed E-state index contributed by atoms with van der Waals surface area (Å²) >= 11 is 2.70. The number of benzene rings is 1. The van der Waals surface area contributed by atoms with Crippen molar-refractivity contribution in [3.63, 3.8) is 0 Å². The minimum Gasteiger partial charge on any atom is -0.493 e. The highest BCUT2D eigenvalue weighted by Crippen LogP contribution is 2.29. The van der Waals surface area contributed by atoms with E-state index in [4.69, 9.17) is 4.74 Å². The number of anilines is 1. The van der Waals surface area contributed by atoms with E-state index in [2.05, 4.69) is 32.5 Å². The first-order valence-corrected chi connectivity index (χ1v) is 9.90. The fraction of sp³-hybridized carbons (Fsp3) is 0.438. The number of thioether (sulfide) groups is 1. The fourth-order valence-electron chi connectivity index (χ4n) is 1.97. The van der Waals surface area contributed by atoms with Crippen LogP contribution in [0.1, 0.15) is 18.9 Å². The summed E-state index contributed by atoms with van der Waals surface area (Å²) < 4.78 is 34.8. The van der Waals surface area contributed by atoms with Gasteiger partial charge in [0.05, 0.1) is 12.9 Å². The van der Waals surface area contributed by atoms with E-state index < -0.39 is 6.61 Å². The number of amides is 1. The number of carbonyl (C=O) groups excluding carboxylic acids is 1. The maximum absolute atomic E-state index is 12.3. The van der Waals surface area contributed by atoms with E-state index in [0.717, 1.165) is 18.1 Å². The topological polar surface area (TPSA) is 85.4 Å². The summed E-state index contributed by atoms with van der Waals surface area (Å²) in [6, 6.07) is 4.51. The van der Waals surface area contributed by atoms with Crippen LogP contribution < -0.4 is 20.1 Å². The predicted octanol–water partition coefficient (Wildman–Crippen LogP) is 3.38. The lowest BCUT2D eigenvalue weighted by atomic mass is 10.2. The second-order valence-corrected chi connectivity index (χ2v) is 7.43. The second-order valence-electron chi connectivity index (χ2n) is 5.23. The largest absolute Gasteiger partial charge is 0.493 e. The Hall–Kier alpha value is -2.14. The van der Waals surface area contributed by atoms with E-state index in [1.165, 1.54) is 36.3 Å². The normalized spacial score (nSPS) is 10.7. The van der Waals surface area contributed by atoms with Gasteiger partial charge in [-0.25, -0.2) is 0 Å². The number of halogens is 2. The van der Waals surface area contributed by atoms with Gasteiger partial charge in [0.1, 0.15) is 0 Å². The molecule has 1 aromatic carbocycles. The molecule has 1 heterocycles. The molecule has 2 rings (SSSR count). The zero-order chi connectivity index (χ0) is 19.6. The summed E-state index contributed by atoms with van der Waals surface area (Å²) in [5.41, 5.74) is 0.703. The van der Waals surface area contributed by atoms with Gasteiger partial charge >= 0.3 is 6.61 Å². The number of nitrogens with zero attached hydrogens (tertiary/aromatic N) is 2. The Kier molecular flexibility index (Phi) is 8.52. The van der Waals surface area contributed by atoms with E-state index in [1.54, 1.807) is 12.1 Å². The number of methoxy groups -OCH3 is 1. The Labute approximate surface area is 163 Å². The highest BCUT2D eigenvalue weighted by atomic mass is 32.2. The van der Waals surface area contributed by atoms with Crippen molar-refractivity contribution in [2.75, 3.05) is 24.7 Å². The van der Waals surface area contributed by atoms with Gasteiger partial charge in [-0.15, -0.1) is 10.2 Å². The van der Waals surface area contributed by atoms with Crippen molar-refractivity contribution in [3.8, 4) is 11.5 Å². The molecule has 148 valence electrons. The molecule has 1 amide bonds. The maximum Gasteiger partial charge on any atom is 0.387 e. The first-order chi connectivity index (χ1) is 13.0. The van der Waals surface area contributed by atoms with Gasteiger partial charge in [-0.05, 0) is 24.1 Å². The predicted molar refractivity (Wildman–Crippen MR) is 101 cm³/mol. The van der Waals surface area contributed by atoms with Crippen LogP contribution in [0, 0.1) is 0 Å². The minimum absolute atomic E-state index is 0.0538. The first kappa shape index (κ1) is 21.2. The highest BCUT2D eigenvalue weighted by molar-refractivity contribution is 8.01. The summed E-state index contributed by atoms with van der Waals surface area (Å²) in [6.45, 7) is 0.192. The molecule has 0 aliphatic carbocycles. The molecular weight excluding hydrogens is 398 g/mol. The quantitative estimate of drug-likeness (QED) is 0.541. The van der Waals surface area contributed by atoms with Crippen LogP contribution in [0.2, 0.25) is 0 Å².